The maximum absolute atomic E-state index is 13.3. The van der Waals surface area contributed by atoms with E-state index in [1.807, 2.05) is 17.5 Å². The number of nitrogens with zero attached hydrogens (tertiary/aromatic N) is 1. The molecule has 1 saturated heterocycles. The largest absolute Gasteiger partial charge is 0.507 e. The van der Waals surface area contributed by atoms with E-state index in [4.69, 9.17) is 4.74 Å². The molecule has 1 fully saturated rings. The molecular formula is C23H18FNO4S. The predicted octanol–water partition coefficient (Wildman–Crippen LogP) is 4.52. The van der Waals surface area contributed by atoms with E-state index in [2.05, 4.69) is 0 Å². The molecule has 2 heterocycles. The standard InChI is InChI=1S/C23H18FNO4S/c1-29-18-7-3-2-6-17(18)20-19(21(26)14-8-10-15(24)11-9-14)22(27)23(28)25(20)13-16-5-4-12-30-16/h2-12,20,26H,13H2,1H3/b21-19-. The fraction of sp³-hybridized carbons (Fsp3) is 0.130. The number of rotatable bonds is 5. The van der Waals surface area contributed by atoms with Gasteiger partial charge in [0, 0.05) is 16.0 Å². The second-order valence-electron chi connectivity index (χ2n) is 6.76. The Morgan fingerprint density at radius 2 is 1.83 bits per heavy atom. The minimum Gasteiger partial charge on any atom is -0.507 e. The van der Waals surface area contributed by atoms with Crippen molar-refractivity contribution >= 4 is 28.8 Å². The Morgan fingerprint density at radius 1 is 1.10 bits per heavy atom. The lowest BCUT2D eigenvalue weighted by Gasteiger charge is -2.26. The summed E-state index contributed by atoms with van der Waals surface area (Å²) in [5.74, 6) is -1.82. The highest BCUT2D eigenvalue weighted by atomic mass is 32.1. The van der Waals surface area contributed by atoms with Gasteiger partial charge >= 0.3 is 0 Å². The molecule has 0 saturated carbocycles. The summed E-state index contributed by atoms with van der Waals surface area (Å²) in [6.45, 7) is 0.213. The van der Waals surface area contributed by atoms with Crippen LogP contribution in [0.25, 0.3) is 5.76 Å². The van der Waals surface area contributed by atoms with Crippen LogP contribution in [0.2, 0.25) is 0 Å². The number of thiophene rings is 1. The maximum atomic E-state index is 13.3. The Morgan fingerprint density at radius 3 is 2.50 bits per heavy atom. The highest BCUT2D eigenvalue weighted by Crippen LogP contribution is 2.43. The van der Waals surface area contributed by atoms with Crippen LogP contribution in [-0.4, -0.2) is 28.8 Å². The second-order valence-corrected chi connectivity index (χ2v) is 7.79. The van der Waals surface area contributed by atoms with E-state index >= 15 is 0 Å². The number of likely N-dealkylation sites (tertiary alicyclic amines) is 1. The first-order chi connectivity index (χ1) is 14.5. The number of methoxy groups -OCH3 is 1. The van der Waals surface area contributed by atoms with Crippen LogP contribution in [0.15, 0.2) is 71.6 Å². The van der Waals surface area contributed by atoms with Gasteiger partial charge in [-0.3, -0.25) is 9.59 Å². The molecule has 0 spiro atoms. The number of para-hydroxylation sites is 1. The smallest absolute Gasteiger partial charge is 0.295 e. The van der Waals surface area contributed by atoms with E-state index in [-0.39, 0.29) is 23.4 Å². The summed E-state index contributed by atoms with van der Waals surface area (Å²) in [4.78, 5) is 28.3. The van der Waals surface area contributed by atoms with Gasteiger partial charge in [0.1, 0.15) is 17.3 Å². The van der Waals surface area contributed by atoms with Crippen molar-refractivity contribution in [3.8, 4) is 5.75 Å². The fourth-order valence-electron chi connectivity index (χ4n) is 3.59. The van der Waals surface area contributed by atoms with Gasteiger partial charge in [0.2, 0.25) is 0 Å². The third kappa shape index (κ3) is 3.48. The number of ether oxygens (including phenoxy) is 1. The van der Waals surface area contributed by atoms with Crippen molar-refractivity contribution in [2.45, 2.75) is 12.6 Å². The van der Waals surface area contributed by atoms with Crippen molar-refractivity contribution in [2.24, 2.45) is 0 Å². The molecule has 0 aliphatic carbocycles. The number of ketones is 1. The summed E-state index contributed by atoms with van der Waals surface area (Å²) in [6, 6.07) is 15.1. The molecule has 5 nitrogen and oxygen atoms in total. The van der Waals surface area contributed by atoms with Gasteiger partial charge in [-0.1, -0.05) is 24.3 Å². The van der Waals surface area contributed by atoms with E-state index < -0.39 is 23.5 Å². The number of halogens is 1. The minimum atomic E-state index is -0.840. The van der Waals surface area contributed by atoms with Crippen molar-refractivity contribution < 1.29 is 23.8 Å². The molecular weight excluding hydrogens is 405 g/mol. The van der Waals surface area contributed by atoms with E-state index in [9.17, 15) is 19.1 Å². The lowest BCUT2D eigenvalue weighted by molar-refractivity contribution is -0.140. The first kappa shape index (κ1) is 19.8. The number of aliphatic hydroxyl groups is 1. The zero-order valence-corrected chi connectivity index (χ0v) is 16.9. The number of Topliss-reactive ketones (excluding diaryl/α,β-unsaturated/α-hetero) is 1. The average molecular weight is 423 g/mol. The number of carbonyl (C=O) groups excluding carboxylic acids is 2. The number of hydrogen-bond donors (Lipinski definition) is 1. The minimum absolute atomic E-state index is 0.0485. The molecule has 2 aromatic carbocycles. The summed E-state index contributed by atoms with van der Waals surface area (Å²) in [5, 5.41) is 12.8. The molecule has 7 heteroatoms. The molecule has 3 aromatic rings. The van der Waals surface area contributed by atoms with Gasteiger partial charge in [-0.05, 0) is 41.8 Å². The predicted molar refractivity (Wildman–Crippen MR) is 112 cm³/mol. The van der Waals surface area contributed by atoms with Crippen LogP contribution in [0, 0.1) is 5.82 Å². The van der Waals surface area contributed by atoms with Gasteiger partial charge in [-0.25, -0.2) is 4.39 Å². The van der Waals surface area contributed by atoms with Gasteiger partial charge in [0.15, 0.2) is 0 Å². The van der Waals surface area contributed by atoms with Crippen molar-refractivity contribution in [2.75, 3.05) is 7.11 Å². The van der Waals surface area contributed by atoms with Gasteiger partial charge < -0.3 is 14.7 Å². The van der Waals surface area contributed by atoms with E-state index in [0.717, 1.165) is 4.88 Å². The Labute approximate surface area is 176 Å². The molecule has 1 atom stereocenters. The number of amides is 1. The van der Waals surface area contributed by atoms with Crippen molar-refractivity contribution in [1.29, 1.82) is 0 Å². The molecule has 1 aliphatic rings. The van der Waals surface area contributed by atoms with E-state index in [1.54, 1.807) is 24.3 Å². The van der Waals surface area contributed by atoms with Gasteiger partial charge in [0.05, 0.1) is 25.3 Å². The molecule has 1 amide bonds. The molecule has 1 aromatic heterocycles. The molecule has 0 bridgehead atoms. The van der Waals surface area contributed by atoms with E-state index in [1.165, 1.54) is 47.6 Å². The zero-order chi connectivity index (χ0) is 21.3. The molecule has 1 aliphatic heterocycles. The molecule has 152 valence electrons. The first-order valence-corrected chi connectivity index (χ1v) is 10.1. The third-order valence-electron chi connectivity index (χ3n) is 5.00. The Kier molecular flexibility index (Phi) is 5.37. The summed E-state index contributed by atoms with van der Waals surface area (Å²) in [7, 11) is 1.50. The van der Waals surface area contributed by atoms with Crippen LogP contribution in [0.1, 0.15) is 22.0 Å². The number of benzene rings is 2. The summed E-state index contributed by atoms with van der Waals surface area (Å²) >= 11 is 1.47. The van der Waals surface area contributed by atoms with Crippen molar-refractivity contribution in [3.05, 3.63) is 93.4 Å². The third-order valence-corrected chi connectivity index (χ3v) is 5.86. The molecule has 30 heavy (non-hydrogen) atoms. The summed E-state index contributed by atoms with van der Waals surface area (Å²) in [6.07, 6.45) is 0. The Bertz CT molecular complexity index is 1120. The normalized spacial score (nSPS) is 18.1. The second kappa shape index (κ2) is 8.12. The van der Waals surface area contributed by atoms with Crippen LogP contribution >= 0.6 is 11.3 Å². The topological polar surface area (TPSA) is 66.8 Å². The summed E-state index contributed by atoms with van der Waals surface area (Å²) in [5.41, 5.74) is 0.789. The van der Waals surface area contributed by atoms with Gasteiger partial charge in [0.25, 0.3) is 11.7 Å². The highest BCUT2D eigenvalue weighted by Gasteiger charge is 2.47. The number of aliphatic hydroxyl groups excluding tert-OH is 1. The van der Waals surface area contributed by atoms with Crippen LogP contribution in [0.4, 0.5) is 4.39 Å². The first-order valence-electron chi connectivity index (χ1n) is 9.21. The molecule has 4 rings (SSSR count). The zero-order valence-electron chi connectivity index (χ0n) is 16.0. The van der Waals surface area contributed by atoms with Gasteiger partial charge in [-0.2, -0.15) is 0 Å². The van der Waals surface area contributed by atoms with Crippen LogP contribution in [0.3, 0.4) is 0 Å². The monoisotopic (exact) mass is 423 g/mol. The van der Waals surface area contributed by atoms with E-state index in [0.29, 0.717) is 11.3 Å². The Hall–Kier alpha value is -3.45. The number of carbonyl (C=O) groups is 2. The van der Waals surface area contributed by atoms with Crippen LogP contribution in [0.5, 0.6) is 5.75 Å². The molecule has 1 unspecified atom stereocenters. The molecule has 0 radical (unpaired) electrons. The maximum Gasteiger partial charge on any atom is 0.295 e. The lowest BCUT2D eigenvalue weighted by atomic mass is 9.94. The quantitative estimate of drug-likeness (QED) is 0.372. The summed E-state index contributed by atoms with van der Waals surface area (Å²) < 4.78 is 18.8. The van der Waals surface area contributed by atoms with Crippen LogP contribution in [-0.2, 0) is 16.1 Å². The van der Waals surface area contributed by atoms with Crippen molar-refractivity contribution in [3.63, 3.8) is 0 Å². The average Bonchev–Trinajstić information content (AvgIpc) is 3.36. The lowest BCUT2D eigenvalue weighted by Crippen LogP contribution is -2.29. The SMILES string of the molecule is COc1ccccc1C1/C(=C(/O)c2ccc(F)cc2)C(=O)C(=O)N1Cc1cccs1. The van der Waals surface area contributed by atoms with Crippen molar-refractivity contribution in [1.82, 2.24) is 4.90 Å². The van der Waals surface area contributed by atoms with Gasteiger partial charge in [-0.15, -0.1) is 11.3 Å². The Balaban J connectivity index is 1.90. The highest BCUT2D eigenvalue weighted by molar-refractivity contribution is 7.09. The number of hydrogen-bond acceptors (Lipinski definition) is 5. The fourth-order valence-corrected chi connectivity index (χ4v) is 4.30. The molecule has 1 N–H and O–H groups in total. The van der Waals surface area contributed by atoms with Crippen LogP contribution < -0.4 is 4.74 Å².